The fourth-order valence-electron chi connectivity index (χ4n) is 1.31. The van der Waals surface area contributed by atoms with Gasteiger partial charge in [0, 0.05) is 0 Å². The van der Waals surface area contributed by atoms with Crippen LogP contribution in [0, 0.1) is 5.82 Å². The van der Waals surface area contributed by atoms with E-state index < -0.39 is 5.82 Å². The summed E-state index contributed by atoms with van der Waals surface area (Å²) in [6.07, 6.45) is 0.587. The first-order chi connectivity index (χ1) is 6.74. The first-order valence-electron chi connectivity index (χ1n) is 4.34. The first kappa shape index (κ1) is 10.8. The third-order valence-corrected chi connectivity index (χ3v) is 1.98. The van der Waals surface area contributed by atoms with E-state index in [-0.39, 0.29) is 11.5 Å². The normalized spacial score (nSPS) is 10.0. The van der Waals surface area contributed by atoms with Crippen molar-refractivity contribution in [1.29, 1.82) is 0 Å². The zero-order chi connectivity index (χ0) is 10.6. The number of halogens is 1. The molecular weight excluding hydrogens is 185 g/mol. The molecule has 0 saturated carbocycles. The van der Waals surface area contributed by atoms with E-state index in [1.165, 1.54) is 14.2 Å². The third-order valence-electron chi connectivity index (χ3n) is 1.98. The van der Waals surface area contributed by atoms with Gasteiger partial charge >= 0.3 is 0 Å². The summed E-state index contributed by atoms with van der Waals surface area (Å²) in [7, 11) is 2.85. The predicted molar refractivity (Wildman–Crippen MR) is 52.3 cm³/mol. The summed E-state index contributed by atoms with van der Waals surface area (Å²) in [6, 6.07) is 3.33. The van der Waals surface area contributed by atoms with Gasteiger partial charge in [0.25, 0.3) is 0 Å². The summed E-state index contributed by atoms with van der Waals surface area (Å²) < 4.78 is 23.4. The third kappa shape index (κ3) is 1.96. The molecule has 1 rings (SSSR count). The fraction of sp³-hybridized carbons (Fsp3) is 0.400. The van der Waals surface area contributed by atoms with Crippen LogP contribution in [0.5, 0.6) is 11.5 Å². The Hall–Kier alpha value is -1.29. The number of hydrogen-bond acceptors (Lipinski definition) is 3. The van der Waals surface area contributed by atoms with Crippen LogP contribution in [0.4, 0.5) is 4.39 Å². The Kier molecular flexibility index (Phi) is 3.71. The van der Waals surface area contributed by atoms with Gasteiger partial charge in [-0.1, -0.05) is 6.07 Å². The highest BCUT2D eigenvalue weighted by Crippen LogP contribution is 2.30. The van der Waals surface area contributed by atoms with Crippen molar-refractivity contribution >= 4 is 0 Å². The van der Waals surface area contributed by atoms with Crippen molar-refractivity contribution in [2.45, 2.75) is 6.42 Å². The molecule has 0 aliphatic rings. The molecule has 0 heterocycles. The molecule has 1 aromatic rings. The summed E-state index contributed by atoms with van der Waals surface area (Å²) in [6.45, 7) is 0.460. The van der Waals surface area contributed by atoms with Crippen LogP contribution in [0.3, 0.4) is 0 Å². The van der Waals surface area contributed by atoms with E-state index in [0.717, 1.165) is 5.56 Å². The number of benzene rings is 1. The smallest absolute Gasteiger partial charge is 0.207 e. The van der Waals surface area contributed by atoms with Crippen molar-refractivity contribution in [1.82, 2.24) is 0 Å². The van der Waals surface area contributed by atoms with Gasteiger partial charge < -0.3 is 15.2 Å². The number of rotatable bonds is 4. The van der Waals surface area contributed by atoms with Crippen molar-refractivity contribution in [3.05, 3.63) is 23.5 Å². The zero-order valence-electron chi connectivity index (χ0n) is 8.34. The van der Waals surface area contributed by atoms with Gasteiger partial charge in [-0.05, 0) is 24.6 Å². The zero-order valence-corrected chi connectivity index (χ0v) is 8.34. The minimum Gasteiger partial charge on any atom is -0.494 e. The fourth-order valence-corrected chi connectivity index (χ4v) is 1.31. The molecule has 0 fully saturated rings. The molecule has 78 valence electrons. The minimum atomic E-state index is -0.471. The van der Waals surface area contributed by atoms with E-state index in [0.29, 0.717) is 13.0 Å². The van der Waals surface area contributed by atoms with Crippen LogP contribution in [0.2, 0.25) is 0 Å². The van der Waals surface area contributed by atoms with Gasteiger partial charge in [-0.15, -0.1) is 0 Å². The van der Waals surface area contributed by atoms with E-state index in [2.05, 4.69) is 0 Å². The molecule has 0 radical (unpaired) electrons. The molecule has 2 N–H and O–H groups in total. The molecule has 14 heavy (non-hydrogen) atoms. The molecular formula is C10H14FNO2. The summed E-state index contributed by atoms with van der Waals surface area (Å²) in [4.78, 5) is 0. The average molecular weight is 199 g/mol. The minimum absolute atomic E-state index is 0.183. The monoisotopic (exact) mass is 199 g/mol. The molecule has 0 bridgehead atoms. The van der Waals surface area contributed by atoms with Gasteiger partial charge in [0.05, 0.1) is 14.2 Å². The predicted octanol–water partition coefficient (Wildman–Crippen LogP) is 1.34. The second kappa shape index (κ2) is 4.81. The summed E-state index contributed by atoms with van der Waals surface area (Å²) >= 11 is 0. The Balaban J connectivity index is 3.14. The number of ether oxygens (including phenoxy) is 2. The van der Waals surface area contributed by atoms with Crippen LogP contribution >= 0.6 is 0 Å². The van der Waals surface area contributed by atoms with E-state index in [4.69, 9.17) is 15.2 Å². The maximum atomic E-state index is 13.6. The number of methoxy groups -OCH3 is 2. The molecule has 3 nitrogen and oxygen atoms in total. The molecule has 0 aliphatic heterocycles. The van der Waals surface area contributed by atoms with Crippen LogP contribution < -0.4 is 15.2 Å². The largest absolute Gasteiger partial charge is 0.494 e. The lowest BCUT2D eigenvalue weighted by Gasteiger charge is -2.11. The van der Waals surface area contributed by atoms with Gasteiger partial charge in [-0.25, -0.2) is 0 Å². The highest BCUT2D eigenvalue weighted by Gasteiger charge is 2.13. The van der Waals surface area contributed by atoms with Crippen molar-refractivity contribution in [3.8, 4) is 11.5 Å². The number of nitrogens with two attached hydrogens (primary N) is 1. The molecule has 0 atom stereocenters. The molecule has 0 spiro atoms. The second-order valence-electron chi connectivity index (χ2n) is 2.81. The van der Waals surface area contributed by atoms with Crippen LogP contribution in [-0.2, 0) is 6.42 Å². The Morgan fingerprint density at radius 2 is 2.00 bits per heavy atom. The summed E-state index contributed by atoms with van der Waals surface area (Å²) in [5.41, 5.74) is 6.15. The second-order valence-corrected chi connectivity index (χ2v) is 2.81. The standard InChI is InChI=1S/C10H14FNO2/c1-13-8-4-3-7(5-6-12)10(14-2)9(8)11/h3-4H,5-6,12H2,1-2H3. The van der Waals surface area contributed by atoms with Gasteiger partial charge in [-0.2, -0.15) is 4.39 Å². The highest BCUT2D eigenvalue weighted by molar-refractivity contribution is 5.42. The van der Waals surface area contributed by atoms with Crippen LogP contribution in [0.1, 0.15) is 5.56 Å². The molecule has 0 amide bonds. The Morgan fingerprint density at radius 3 is 2.50 bits per heavy atom. The topological polar surface area (TPSA) is 44.5 Å². The highest BCUT2D eigenvalue weighted by atomic mass is 19.1. The summed E-state index contributed by atoms with van der Waals surface area (Å²) in [5, 5.41) is 0. The van der Waals surface area contributed by atoms with E-state index in [9.17, 15) is 4.39 Å². The van der Waals surface area contributed by atoms with E-state index in [1.807, 2.05) is 0 Å². The maximum absolute atomic E-state index is 13.6. The van der Waals surface area contributed by atoms with Crippen molar-refractivity contribution < 1.29 is 13.9 Å². The van der Waals surface area contributed by atoms with Crippen molar-refractivity contribution in [2.24, 2.45) is 5.73 Å². The van der Waals surface area contributed by atoms with Gasteiger partial charge in [0.1, 0.15) is 0 Å². The van der Waals surface area contributed by atoms with Crippen LogP contribution in [-0.4, -0.2) is 20.8 Å². The SMILES string of the molecule is COc1ccc(CCN)c(OC)c1F. The quantitative estimate of drug-likeness (QED) is 0.796. The first-order valence-corrected chi connectivity index (χ1v) is 4.34. The molecule has 0 aromatic heterocycles. The Morgan fingerprint density at radius 1 is 1.29 bits per heavy atom. The molecule has 0 aliphatic carbocycles. The van der Waals surface area contributed by atoms with E-state index >= 15 is 0 Å². The van der Waals surface area contributed by atoms with Crippen molar-refractivity contribution in [2.75, 3.05) is 20.8 Å². The number of hydrogen-bond donors (Lipinski definition) is 1. The van der Waals surface area contributed by atoms with Crippen LogP contribution in [0.15, 0.2) is 12.1 Å². The van der Waals surface area contributed by atoms with Gasteiger partial charge in [-0.3, -0.25) is 0 Å². The Bertz CT molecular complexity index is 315. The molecule has 0 saturated heterocycles. The maximum Gasteiger partial charge on any atom is 0.207 e. The molecule has 4 heteroatoms. The lowest BCUT2D eigenvalue weighted by Crippen LogP contribution is -2.05. The Labute approximate surface area is 82.6 Å². The molecule has 0 unspecified atom stereocenters. The van der Waals surface area contributed by atoms with Gasteiger partial charge in [0.2, 0.25) is 5.82 Å². The van der Waals surface area contributed by atoms with Gasteiger partial charge in [0.15, 0.2) is 11.5 Å². The van der Waals surface area contributed by atoms with Crippen LogP contribution in [0.25, 0.3) is 0 Å². The van der Waals surface area contributed by atoms with Crippen molar-refractivity contribution in [3.63, 3.8) is 0 Å². The lowest BCUT2D eigenvalue weighted by atomic mass is 10.1. The van der Waals surface area contributed by atoms with E-state index in [1.54, 1.807) is 12.1 Å². The molecule has 1 aromatic carbocycles. The summed E-state index contributed by atoms with van der Waals surface area (Å²) in [5.74, 6) is -0.0710. The lowest BCUT2D eigenvalue weighted by molar-refractivity contribution is 0.347. The average Bonchev–Trinajstić information content (AvgIpc) is 2.19.